The molecule has 0 atom stereocenters. The Hall–Kier alpha value is -4.00. The maximum atomic E-state index is 4.41. The van der Waals surface area contributed by atoms with Gasteiger partial charge in [0, 0.05) is 16.7 Å². The number of nitrogens with zero attached hydrogens (tertiary/aromatic N) is 6. The van der Waals surface area contributed by atoms with Crippen LogP contribution in [0.25, 0.3) is 16.0 Å². The summed E-state index contributed by atoms with van der Waals surface area (Å²) in [6.07, 6.45) is 0. The molecule has 0 saturated heterocycles. The molecule has 0 aliphatic heterocycles. The van der Waals surface area contributed by atoms with E-state index in [0.29, 0.717) is 17.5 Å². The molecule has 1 radical (unpaired) electrons. The smallest absolute Gasteiger partial charge is 0.456 e. The summed E-state index contributed by atoms with van der Waals surface area (Å²) in [6.45, 7) is 24.3. The molecule has 3 rings (SSSR count). The van der Waals surface area contributed by atoms with E-state index in [1.165, 1.54) is 0 Å². The zero-order valence-corrected chi connectivity index (χ0v) is 34.9. The molecule has 0 aliphatic carbocycles. The molecule has 52 heavy (non-hydrogen) atoms. The van der Waals surface area contributed by atoms with E-state index >= 15 is 0 Å². The summed E-state index contributed by atoms with van der Waals surface area (Å²) in [7, 11) is 0. The second-order valence-corrected chi connectivity index (χ2v) is 13.2. The topological polar surface area (TPSA) is 79.4 Å². The summed E-state index contributed by atoms with van der Waals surface area (Å²) >= 11 is 0. The van der Waals surface area contributed by atoms with Crippen molar-refractivity contribution in [2.24, 2.45) is 15.0 Å². The Labute approximate surface area is 345 Å². The summed E-state index contributed by atoms with van der Waals surface area (Å²) in [5.74, 6) is 20.3. The van der Waals surface area contributed by atoms with Crippen LogP contribution in [0.15, 0.2) is 106 Å². The SMILES string of the molecule is CC(C)N=C(C#Cc1ccccc1)[N-]C(C)C.CC(C)N=C(C#Cc1ccccc1)[N-]C(C)C.CC(C)N=C(C#Cc1ccccc1)[N-]C(C)C.[Er+3]. The van der Waals surface area contributed by atoms with Crippen LogP contribution in [0, 0.1) is 72.8 Å². The Morgan fingerprint density at radius 2 is 0.596 bits per heavy atom. The van der Waals surface area contributed by atoms with Crippen LogP contribution in [0.2, 0.25) is 0 Å². The third-order valence-corrected chi connectivity index (χ3v) is 5.56. The minimum absolute atomic E-state index is 0. The minimum atomic E-state index is 0. The van der Waals surface area contributed by atoms with E-state index in [4.69, 9.17) is 0 Å². The molecule has 0 aliphatic rings. The molecule has 0 aromatic heterocycles. The number of hydrogen-bond acceptors (Lipinski definition) is 3. The maximum absolute atomic E-state index is 4.41. The van der Waals surface area contributed by atoms with Crippen LogP contribution < -0.4 is 0 Å². The van der Waals surface area contributed by atoms with Gasteiger partial charge in [0.05, 0.1) is 0 Å². The van der Waals surface area contributed by atoms with Gasteiger partial charge >= 0.3 is 37.3 Å². The van der Waals surface area contributed by atoms with Crippen molar-refractivity contribution in [1.29, 1.82) is 0 Å². The average Bonchev–Trinajstić information content (AvgIpc) is 3.06. The van der Waals surface area contributed by atoms with Crippen LogP contribution in [0.5, 0.6) is 0 Å². The summed E-state index contributed by atoms with van der Waals surface area (Å²) in [5.41, 5.74) is 2.97. The largest absolute Gasteiger partial charge is 3.00 e. The van der Waals surface area contributed by atoms with Gasteiger partial charge in [0.15, 0.2) is 0 Å². The zero-order valence-electron chi connectivity index (χ0n) is 33.1. The van der Waals surface area contributed by atoms with Crippen LogP contribution in [-0.2, 0) is 0 Å². The summed E-state index contributed by atoms with van der Waals surface area (Å²) < 4.78 is 0. The number of aliphatic imine (C=N–C) groups is 3. The van der Waals surface area contributed by atoms with Crippen molar-refractivity contribution < 1.29 is 37.3 Å². The van der Waals surface area contributed by atoms with Gasteiger partial charge in [-0.2, -0.15) is 0 Å². The number of rotatable bonds is 6. The average molecular weight is 849 g/mol. The Morgan fingerprint density at radius 1 is 0.385 bits per heavy atom. The molecule has 0 saturated carbocycles. The molecular formula is C45H57ErN6. The summed E-state index contributed by atoms with van der Waals surface area (Å²) in [6, 6.07) is 31.0. The Kier molecular flexibility index (Phi) is 26.4. The standard InChI is InChI=1S/3C15H19N2.Er/c3*1-12(2)16-15(17-13(3)4)11-10-14-8-6-5-7-9-14;/h3*5-9,12-13H,1-4H3;/q3*-1;+3. The molecule has 0 unspecified atom stereocenters. The van der Waals surface area contributed by atoms with Gasteiger partial charge in [-0.25, -0.2) is 0 Å². The predicted molar refractivity (Wildman–Crippen MR) is 223 cm³/mol. The van der Waals surface area contributed by atoms with E-state index in [-0.39, 0.29) is 73.6 Å². The zero-order chi connectivity index (χ0) is 38.0. The first-order chi connectivity index (χ1) is 24.2. The van der Waals surface area contributed by atoms with Crippen molar-refractivity contribution in [3.63, 3.8) is 0 Å². The van der Waals surface area contributed by atoms with Crippen molar-refractivity contribution in [2.45, 2.75) is 119 Å². The molecule has 3 aromatic carbocycles. The van der Waals surface area contributed by atoms with E-state index in [9.17, 15) is 0 Å². The monoisotopic (exact) mass is 847 g/mol. The second-order valence-electron chi connectivity index (χ2n) is 13.2. The Morgan fingerprint density at radius 3 is 0.769 bits per heavy atom. The van der Waals surface area contributed by atoms with E-state index in [1.807, 2.05) is 174 Å². The molecule has 0 amide bonds. The molecule has 6 nitrogen and oxygen atoms in total. The number of amidine groups is 3. The predicted octanol–water partition coefficient (Wildman–Crippen LogP) is 10.9. The van der Waals surface area contributed by atoms with E-state index in [2.05, 4.69) is 66.5 Å². The first-order valence-corrected chi connectivity index (χ1v) is 17.8. The minimum Gasteiger partial charge on any atom is -0.456 e. The molecule has 3 aromatic rings. The molecule has 7 heteroatoms. The number of hydrogen-bond donors (Lipinski definition) is 0. The molecular weight excluding hydrogens is 792 g/mol. The van der Waals surface area contributed by atoms with Gasteiger partial charge in [-0.3, -0.25) is 0 Å². The van der Waals surface area contributed by atoms with Crippen molar-refractivity contribution in [1.82, 2.24) is 0 Å². The fourth-order valence-corrected chi connectivity index (χ4v) is 3.71. The fraction of sp³-hybridized carbons (Fsp3) is 0.400. The Balaban J connectivity index is 0.000000743. The maximum Gasteiger partial charge on any atom is 3.00 e. The van der Waals surface area contributed by atoms with Crippen molar-refractivity contribution in [3.05, 3.63) is 124 Å². The second kappa shape index (κ2) is 28.6. The van der Waals surface area contributed by atoms with Gasteiger partial charge in [-0.05, 0) is 90.2 Å². The van der Waals surface area contributed by atoms with E-state index < -0.39 is 0 Å². The van der Waals surface area contributed by atoms with Crippen LogP contribution in [0.3, 0.4) is 0 Å². The molecule has 0 N–H and O–H groups in total. The Bertz CT molecular complexity index is 1470. The normalized spacial score (nSPS) is 11.1. The van der Waals surface area contributed by atoms with E-state index in [0.717, 1.165) is 16.7 Å². The fourth-order valence-electron chi connectivity index (χ4n) is 3.71. The van der Waals surface area contributed by atoms with Crippen LogP contribution in [-0.4, -0.2) is 53.8 Å². The van der Waals surface area contributed by atoms with E-state index in [1.54, 1.807) is 0 Å². The van der Waals surface area contributed by atoms with Crippen LogP contribution in [0.1, 0.15) is 99.8 Å². The van der Waals surface area contributed by atoms with Crippen LogP contribution in [0.4, 0.5) is 0 Å². The van der Waals surface area contributed by atoms with Gasteiger partial charge in [0.25, 0.3) is 0 Å². The van der Waals surface area contributed by atoms with Crippen LogP contribution >= 0.6 is 0 Å². The van der Waals surface area contributed by atoms with Gasteiger partial charge in [-0.1, -0.05) is 173 Å². The third-order valence-electron chi connectivity index (χ3n) is 5.56. The van der Waals surface area contributed by atoms with Gasteiger partial charge in [0.2, 0.25) is 0 Å². The summed E-state index contributed by atoms with van der Waals surface area (Å²) in [5, 5.41) is 13.2. The van der Waals surface area contributed by atoms with Gasteiger partial charge in [-0.15, -0.1) is 0 Å². The molecule has 0 spiro atoms. The third kappa shape index (κ3) is 26.8. The molecule has 279 valence electrons. The first kappa shape index (κ1) is 48.0. The van der Waals surface area contributed by atoms with Crippen molar-refractivity contribution in [3.8, 4) is 35.5 Å². The van der Waals surface area contributed by atoms with Crippen molar-refractivity contribution >= 4 is 17.5 Å². The first-order valence-electron chi connectivity index (χ1n) is 17.8. The number of benzene rings is 3. The van der Waals surface area contributed by atoms with Gasteiger partial charge < -0.3 is 30.9 Å². The molecule has 0 fully saturated rings. The quantitative estimate of drug-likeness (QED) is 0.135. The van der Waals surface area contributed by atoms with Gasteiger partial charge in [0.1, 0.15) is 0 Å². The molecule has 0 bridgehead atoms. The van der Waals surface area contributed by atoms with Crippen molar-refractivity contribution in [2.75, 3.05) is 0 Å². The summed E-state index contributed by atoms with van der Waals surface area (Å²) in [4.78, 5) is 13.2. The molecule has 0 heterocycles.